The van der Waals surface area contributed by atoms with Gasteiger partial charge in [-0.2, -0.15) is 0 Å². The number of aryl methyl sites for hydroxylation is 2. The standard InChI is InChI=1S/C18H16N4OS/c1-12-5-2-6-13-7-3-10-22(15(12)13)18(23)14-11-21-17(24-14)16-19-8-4-9-20-16/h2,4-6,8-9,11H,3,7,10H2,1H3. The number of amides is 1. The van der Waals surface area contributed by atoms with Crippen molar-refractivity contribution in [1.29, 1.82) is 0 Å². The van der Waals surface area contributed by atoms with E-state index >= 15 is 0 Å². The van der Waals surface area contributed by atoms with Crippen molar-refractivity contribution in [2.75, 3.05) is 11.4 Å². The molecule has 5 nitrogen and oxygen atoms in total. The number of nitrogens with zero attached hydrogens (tertiary/aromatic N) is 4. The van der Waals surface area contributed by atoms with Crippen LogP contribution in [-0.4, -0.2) is 27.4 Å². The molecular weight excluding hydrogens is 320 g/mol. The van der Waals surface area contributed by atoms with Crippen molar-refractivity contribution >= 4 is 22.9 Å². The summed E-state index contributed by atoms with van der Waals surface area (Å²) in [6.07, 6.45) is 6.98. The number of thiazole rings is 1. The Morgan fingerprint density at radius 3 is 2.83 bits per heavy atom. The highest BCUT2D eigenvalue weighted by Crippen LogP contribution is 2.33. The molecule has 0 aliphatic carbocycles. The van der Waals surface area contributed by atoms with Crippen molar-refractivity contribution in [1.82, 2.24) is 15.0 Å². The Bertz CT molecular complexity index is 891. The third-order valence-electron chi connectivity index (χ3n) is 4.14. The first-order valence-electron chi connectivity index (χ1n) is 7.87. The summed E-state index contributed by atoms with van der Waals surface area (Å²) in [4.78, 5) is 28.2. The van der Waals surface area contributed by atoms with Gasteiger partial charge in [-0.25, -0.2) is 15.0 Å². The minimum atomic E-state index is 0.00457. The molecule has 0 spiro atoms. The molecule has 0 bridgehead atoms. The third kappa shape index (κ3) is 2.59. The number of benzene rings is 1. The number of para-hydroxylation sites is 1. The lowest BCUT2D eigenvalue weighted by molar-refractivity contribution is 0.0988. The molecule has 3 heterocycles. The molecule has 1 amide bonds. The second-order valence-corrected chi connectivity index (χ2v) is 6.78. The van der Waals surface area contributed by atoms with Crippen molar-refractivity contribution in [3.8, 4) is 10.8 Å². The lowest BCUT2D eigenvalue weighted by Crippen LogP contribution is -2.35. The Balaban J connectivity index is 1.68. The summed E-state index contributed by atoms with van der Waals surface area (Å²) in [5, 5.41) is 0.668. The van der Waals surface area contributed by atoms with Gasteiger partial charge in [0, 0.05) is 18.9 Å². The molecule has 2 aromatic heterocycles. The smallest absolute Gasteiger partial charge is 0.270 e. The van der Waals surface area contributed by atoms with Gasteiger partial charge in [0.2, 0.25) is 0 Å². The monoisotopic (exact) mass is 336 g/mol. The molecule has 1 aliphatic rings. The second kappa shape index (κ2) is 6.13. The maximum absolute atomic E-state index is 13.0. The number of carbonyl (C=O) groups is 1. The van der Waals surface area contributed by atoms with Crippen LogP contribution in [0.25, 0.3) is 10.8 Å². The Hall–Kier alpha value is -2.60. The predicted octanol–water partition coefficient (Wildman–Crippen LogP) is 3.50. The van der Waals surface area contributed by atoms with Gasteiger partial charge >= 0.3 is 0 Å². The summed E-state index contributed by atoms with van der Waals surface area (Å²) in [5.41, 5.74) is 3.43. The van der Waals surface area contributed by atoms with Crippen LogP contribution in [0.3, 0.4) is 0 Å². The van der Waals surface area contributed by atoms with Crippen LogP contribution >= 0.6 is 11.3 Å². The highest BCUT2D eigenvalue weighted by Gasteiger charge is 2.26. The van der Waals surface area contributed by atoms with Crippen LogP contribution in [0.1, 0.15) is 27.2 Å². The van der Waals surface area contributed by atoms with Gasteiger partial charge in [0.15, 0.2) is 10.8 Å². The van der Waals surface area contributed by atoms with Crippen LogP contribution in [0.15, 0.2) is 42.9 Å². The molecule has 120 valence electrons. The summed E-state index contributed by atoms with van der Waals surface area (Å²) in [7, 11) is 0. The third-order valence-corrected chi connectivity index (χ3v) is 5.12. The lowest BCUT2D eigenvalue weighted by atomic mass is 9.98. The van der Waals surface area contributed by atoms with Gasteiger partial charge in [-0.05, 0) is 37.0 Å². The van der Waals surface area contributed by atoms with Crippen LogP contribution in [0.5, 0.6) is 0 Å². The zero-order valence-corrected chi connectivity index (χ0v) is 14.1. The molecule has 6 heteroatoms. The van der Waals surface area contributed by atoms with E-state index in [2.05, 4.69) is 40.1 Å². The highest BCUT2D eigenvalue weighted by atomic mass is 32.1. The average Bonchev–Trinajstić information content (AvgIpc) is 3.12. The maximum Gasteiger partial charge on any atom is 0.270 e. The number of carbonyl (C=O) groups excluding carboxylic acids is 1. The van der Waals surface area contributed by atoms with E-state index in [9.17, 15) is 4.79 Å². The highest BCUT2D eigenvalue weighted by molar-refractivity contribution is 7.16. The van der Waals surface area contributed by atoms with Gasteiger partial charge in [0.05, 0.1) is 11.9 Å². The first-order valence-corrected chi connectivity index (χ1v) is 8.69. The van der Waals surface area contributed by atoms with Crippen molar-refractivity contribution in [3.63, 3.8) is 0 Å². The molecule has 24 heavy (non-hydrogen) atoms. The minimum Gasteiger partial charge on any atom is -0.307 e. The van der Waals surface area contributed by atoms with Gasteiger partial charge in [0.1, 0.15) is 4.88 Å². The Morgan fingerprint density at radius 1 is 1.17 bits per heavy atom. The number of rotatable bonds is 2. The molecule has 1 aliphatic heterocycles. The Morgan fingerprint density at radius 2 is 2.00 bits per heavy atom. The molecule has 0 saturated heterocycles. The summed E-state index contributed by atoms with van der Waals surface area (Å²) >= 11 is 1.34. The fourth-order valence-corrected chi connectivity index (χ4v) is 3.88. The van der Waals surface area contributed by atoms with E-state index < -0.39 is 0 Å². The summed E-state index contributed by atoms with van der Waals surface area (Å²) in [5.74, 6) is 0.557. The molecule has 0 radical (unpaired) electrons. The van der Waals surface area contributed by atoms with E-state index in [-0.39, 0.29) is 5.91 Å². The summed E-state index contributed by atoms with van der Waals surface area (Å²) in [6.45, 7) is 2.80. The largest absolute Gasteiger partial charge is 0.307 e. The summed E-state index contributed by atoms with van der Waals surface area (Å²) in [6, 6.07) is 7.98. The van der Waals surface area contributed by atoms with Crippen LogP contribution < -0.4 is 4.90 Å². The van der Waals surface area contributed by atoms with Crippen LogP contribution in [0, 0.1) is 6.92 Å². The Labute approximate surface area is 144 Å². The number of hydrogen-bond donors (Lipinski definition) is 0. The second-order valence-electron chi connectivity index (χ2n) is 5.75. The zero-order chi connectivity index (χ0) is 16.5. The van der Waals surface area contributed by atoms with E-state index in [1.165, 1.54) is 16.9 Å². The molecule has 0 unspecified atom stereocenters. The van der Waals surface area contributed by atoms with Crippen molar-refractivity contribution < 1.29 is 4.79 Å². The molecule has 0 fully saturated rings. The van der Waals surface area contributed by atoms with Gasteiger partial charge < -0.3 is 4.90 Å². The van der Waals surface area contributed by atoms with Crippen LogP contribution in [-0.2, 0) is 6.42 Å². The molecule has 0 atom stereocenters. The zero-order valence-electron chi connectivity index (χ0n) is 13.3. The molecule has 0 N–H and O–H groups in total. The molecule has 1 aromatic carbocycles. The fraction of sp³-hybridized carbons (Fsp3) is 0.222. The van der Waals surface area contributed by atoms with Crippen molar-refractivity contribution in [2.24, 2.45) is 0 Å². The van der Waals surface area contributed by atoms with Gasteiger partial charge in [-0.3, -0.25) is 4.79 Å². The van der Waals surface area contributed by atoms with E-state index in [1.54, 1.807) is 24.7 Å². The fourth-order valence-electron chi connectivity index (χ4n) is 3.07. The predicted molar refractivity (Wildman–Crippen MR) is 94.3 cm³/mol. The van der Waals surface area contributed by atoms with E-state index in [0.717, 1.165) is 30.6 Å². The maximum atomic E-state index is 13.0. The van der Waals surface area contributed by atoms with Crippen LogP contribution in [0.4, 0.5) is 5.69 Å². The average molecular weight is 336 g/mol. The minimum absolute atomic E-state index is 0.00457. The van der Waals surface area contributed by atoms with E-state index in [4.69, 9.17) is 0 Å². The van der Waals surface area contributed by atoms with Gasteiger partial charge in [-0.15, -0.1) is 11.3 Å². The van der Waals surface area contributed by atoms with Gasteiger partial charge in [0.25, 0.3) is 5.91 Å². The molecular formula is C18H16N4OS. The SMILES string of the molecule is Cc1cccc2c1N(C(=O)c1cnc(-c3ncccn3)s1)CCC2. The van der Waals surface area contributed by atoms with E-state index in [1.807, 2.05) is 4.90 Å². The molecule has 0 saturated carbocycles. The quantitative estimate of drug-likeness (QED) is 0.719. The Kier molecular flexibility index (Phi) is 3.82. The molecule has 4 rings (SSSR count). The van der Waals surface area contributed by atoms with Crippen molar-refractivity contribution in [3.05, 3.63) is 58.9 Å². The number of aromatic nitrogens is 3. The summed E-state index contributed by atoms with van der Waals surface area (Å²) < 4.78 is 0. The van der Waals surface area contributed by atoms with E-state index in [0.29, 0.717) is 15.7 Å². The first kappa shape index (κ1) is 15.0. The van der Waals surface area contributed by atoms with Gasteiger partial charge in [-0.1, -0.05) is 18.2 Å². The number of fused-ring (bicyclic) bond motifs is 1. The number of hydrogen-bond acceptors (Lipinski definition) is 5. The topological polar surface area (TPSA) is 59.0 Å². The lowest BCUT2D eigenvalue weighted by Gasteiger charge is -2.30. The normalized spacial score (nSPS) is 13.6. The number of anilines is 1. The first-order chi connectivity index (χ1) is 11.7. The van der Waals surface area contributed by atoms with Crippen molar-refractivity contribution in [2.45, 2.75) is 19.8 Å². The van der Waals surface area contributed by atoms with Crippen LogP contribution in [0.2, 0.25) is 0 Å². The molecule has 3 aromatic rings.